The van der Waals surface area contributed by atoms with Gasteiger partial charge in [0.1, 0.15) is 11.6 Å². The van der Waals surface area contributed by atoms with E-state index in [9.17, 15) is 14.4 Å². The van der Waals surface area contributed by atoms with E-state index in [2.05, 4.69) is 5.32 Å². The second-order valence-electron chi connectivity index (χ2n) is 5.54. The molecule has 1 amide bonds. The fourth-order valence-electron chi connectivity index (χ4n) is 2.92. The maximum absolute atomic E-state index is 12.5. The first-order chi connectivity index (χ1) is 12.0. The highest BCUT2D eigenvalue weighted by atomic mass is 32.1. The Morgan fingerprint density at radius 2 is 1.92 bits per heavy atom. The van der Waals surface area contributed by atoms with Crippen LogP contribution in [0.5, 0.6) is 0 Å². The number of methoxy groups -OCH3 is 1. The van der Waals surface area contributed by atoms with Gasteiger partial charge in [-0.3, -0.25) is 9.59 Å². The number of hydrogen-bond donors (Lipinski definition) is 1. The van der Waals surface area contributed by atoms with Crippen LogP contribution < -0.4 is 5.32 Å². The Hall–Kier alpha value is -1.93. The minimum Gasteiger partial charge on any atom is -0.466 e. The van der Waals surface area contributed by atoms with E-state index in [0.29, 0.717) is 17.0 Å². The van der Waals surface area contributed by atoms with Crippen molar-refractivity contribution in [1.82, 2.24) is 0 Å². The Morgan fingerprint density at radius 1 is 1.20 bits per heavy atom. The highest BCUT2D eigenvalue weighted by Crippen LogP contribution is 2.44. The predicted molar refractivity (Wildman–Crippen MR) is 93.1 cm³/mol. The van der Waals surface area contributed by atoms with Crippen molar-refractivity contribution in [1.29, 1.82) is 0 Å². The van der Waals surface area contributed by atoms with Crippen LogP contribution in [0.4, 0.5) is 5.00 Å². The van der Waals surface area contributed by atoms with Gasteiger partial charge in [0.15, 0.2) is 0 Å². The average molecular weight is 369 g/mol. The van der Waals surface area contributed by atoms with E-state index in [1.54, 1.807) is 13.8 Å². The first-order valence-corrected chi connectivity index (χ1v) is 9.13. The third-order valence-corrected chi connectivity index (χ3v) is 5.03. The summed E-state index contributed by atoms with van der Waals surface area (Å²) in [5, 5.41) is 3.11. The van der Waals surface area contributed by atoms with Gasteiger partial charge in [-0.15, -0.1) is 11.3 Å². The average Bonchev–Trinajstić information content (AvgIpc) is 2.93. The third kappa shape index (κ3) is 4.38. The number of nitrogens with one attached hydrogen (secondary N) is 1. The summed E-state index contributed by atoms with van der Waals surface area (Å²) in [7, 11) is 1.42. The van der Waals surface area contributed by atoms with Crippen LogP contribution in [0.1, 0.15) is 53.4 Å². The lowest BCUT2D eigenvalue weighted by Crippen LogP contribution is -2.23. The van der Waals surface area contributed by atoms with E-state index < -0.39 is 11.9 Å². The van der Waals surface area contributed by atoms with E-state index in [4.69, 9.17) is 14.2 Å². The summed E-state index contributed by atoms with van der Waals surface area (Å²) in [5.74, 6) is -1.75. The van der Waals surface area contributed by atoms with Crippen molar-refractivity contribution in [3.05, 3.63) is 16.0 Å². The van der Waals surface area contributed by atoms with Gasteiger partial charge in [0.25, 0.3) is 5.91 Å². The van der Waals surface area contributed by atoms with Gasteiger partial charge in [0.2, 0.25) is 0 Å². The molecular weight excluding hydrogens is 346 g/mol. The first kappa shape index (κ1) is 19.4. The molecule has 138 valence electrons. The lowest BCUT2D eigenvalue weighted by atomic mass is 9.85. The maximum Gasteiger partial charge on any atom is 0.341 e. The van der Waals surface area contributed by atoms with Crippen LogP contribution in [0, 0.1) is 0 Å². The molecule has 0 radical (unpaired) electrons. The maximum atomic E-state index is 12.5. The second kappa shape index (κ2) is 8.96. The predicted octanol–water partition coefficient (Wildman–Crippen LogP) is 2.49. The summed E-state index contributed by atoms with van der Waals surface area (Å²) in [6, 6.07) is 0. The number of anilines is 1. The molecule has 1 aromatic rings. The number of ether oxygens (including phenoxy) is 3. The molecule has 25 heavy (non-hydrogen) atoms. The zero-order chi connectivity index (χ0) is 18.4. The van der Waals surface area contributed by atoms with Crippen molar-refractivity contribution in [2.24, 2.45) is 0 Å². The van der Waals surface area contributed by atoms with Crippen LogP contribution in [0.2, 0.25) is 0 Å². The first-order valence-electron chi connectivity index (χ1n) is 8.31. The van der Waals surface area contributed by atoms with Gasteiger partial charge in [-0.25, -0.2) is 4.79 Å². The van der Waals surface area contributed by atoms with E-state index in [-0.39, 0.29) is 37.3 Å². The molecule has 8 heteroatoms. The molecule has 1 atom stereocenters. The molecule has 0 aromatic carbocycles. The highest BCUT2D eigenvalue weighted by molar-refractivity contribution is 7.17. The number of esters is 2. The summed E-state index contributed by atoms with van der Waals surface area (Å²) < 4.78 is 15.1. The highest BCUT2D eigenvalue weighted by Gasteiger charge is 2.36. The van der Waals surface area contributed by atoms with Crippen LogP contribution in [0.25, 0.3) is 0 Å². The molecule has 0 bridgehead atoms. The van der Waals surface area contributed by atoms with Crippen molar-refractivity contribution in [3.63, 3.8) is 0 Å². The third-order valence-electron chi connectivity index (χ3n) is 3.85. The lowest BCUT2D eigenvalue weighted by Gasteiger charge is -2.22. The van der Waals surface area contributed by atoms with E-state index in [0.717, 1.165) is 17.7 Å². The molecule has 0 fully saturated rings. The van der Waals surface area contributed by atoms with Gasteiger partial charge >= 0.3 is 11.9 Å². The standard InChI is InChI=1S/C17H23NO6S/c1-4-23-16(20)10-7-6-8-11-13(10)14(17(21)24-5-2)15(25-11)18-12(19)9-22-3/h10H,4-9H2,1-3H3,(H,18,19). The topological polar surface area (TPSA) is 90.9 Å². The number of carbonyl (C=O) groups excluding carboxylic acids is 3. The van der Waals surface area contributed by atoms with Crippen molar-refractivity contribution in [3.8, 4) is 0 Å². The molecule has 1 N–H and O–H groups in total. The number of rotatable bonds is 7. The Morgan fingerprint density at radius 3 is 2.56 bits per heavy atom. The quantitative estimate of drug-likeness (QED) is 0.743. The summed E-state index contributed by atoms with van der Waals surface area (Å²) >= 11 is 1.31. The SMILES string of the molecule is CCOC(=O)c1c(NC(=O)COC)sc2c1C(C(=O)OCC)CCC2. The van der Waals surface area contributed by atoms with E-state index in [1.165, 1.54) is 18.4 Å². The fraction of sp³-hybridized carbons (Fsp3) is 0.588. The molecule has 0 saturated heterocycles. The van der Waals surface area contributed by atoms with Crippen molar-refractivity contribution < 1.29 is 28.6 Å². The molecular formula is C17H23NO6S. The van der Waals surface area contributed by atoms with E-state index in [1.807, 2.05) is 0 Å². The smallest absolute Gasteiger partial charge is 0.341 e. The zero-order valence-electron chi connectivity index (χ0n) is 14.7. The van der Waals surface area contributed by atoms with E-state index >= 15 is 0 Å². The van der Waals surface area contributed by atoms with Crippen LogP contribution in [0.3, 0.4) is 0 Å². The van der Waals surface area contributed by atoms with Crippen LogP contribution in [-0.2, 0) is 30.2 Å². The molecule has 0 aliphatic heterocycles. The molecule has 1 aromatic heterocycles. The number of carbonyl (C=O) groups is 3. The Kier molecular flexibility index (Phi) is 6.95. The molecule has 1 aliphatic carbocycles. The monoisotopic (exact) mass is 369 g/mol. The van der Waals surface area contributed by atoms with Gasteiger partial charge in [0, 0.05) is 12.0 Å². The largest absolute Gasteiger partial charge is 0.466 e. The normalized spacial score (nSPS) is 16.0. The van der Waals surface area contributed by atoms with Crippen LogP contribution in [0.15, 0.2) is 0 Å². The van der Waals surface area contributed by atoms with Gasteiger partial charge in [-0.05, 0) is 38.7 Å². The van der Waals surface area contributed by atoms with Crippen molar-refractivity contribution in [2.75, 3.05) is 32.2 Å². The minimum atomic E-state index is -0.538. The van der Waals surface area contributed by atoms with Gasteiger partial charge < -0.3 is 19.5 Å². The summed E-state index contributed by atoms with van der Waals surface area (Å²) in [6.45, 7) is 3.83. The van der Waals surface area contributed by atoms with Gasteiger partial charge in [0.05, 0.1) is 24.7 Å². The van der Waals surface area contributed by atoms with Crippen LogP contribution >= 0.6 is 11.3 Å². The number of amides is 1. The summed E-state index contributed by atoms with van der Waals surface area (Å²) in [4.78, 5) is 37.7. The van der Waals surface area contributed by atoms with Crippen molar-refractivity contribution >= 4 is 34.2 Å². The molecule has 0 saturated carbocycles. The molecule has 1 heterocycles. The number of aryl methyl sites for hydroxylation is 1. The summed E-state index contributed by atoms with van der Waals surface area (Å²) in [5.41, 5.74) is 0.907. The van der Waals surface area contributed by atoms with Crippen molar-refractivity contribution in [2.45, 2.75) is 39.0 Å². The lowest BCUT2D eigenvalue weighted by molar-refractivity contribution is -0.145. The number of hydrogen-bond acceptors (Lipinski definition) is 7. The molecule has 1 unspecified atom stereocenters. The second-order valence-corrected chi connectivity index (χ2v) is 6.65. The van der Waals surface area contributed by atoms with Gasteiger partial charge in [-0.1, -0.05) is 0 Å². The summed E-state index contributed by atoms with van der Waals surface area (Å²) in [6.07, 6.45) is 2.19. The molecule has 1 aliphatic rings. The zero-order valence-corrected chi connectivity index (χ0v) is 15.5. The minimum absolute atomic E-state index is 0.119. The van der Waals surface area contributed by atoms with Gasteiger partial charge in [-0.2, -0.15) is 0 Å². The number of thiophene rings is 1. The fourth-order valence-corrected chi connectivity index (χ4v) is 4.23. The number of fused-ring (bicyclic) bond motifs is 1. The molecule has 0 spiro atoms. The Labute approximate surface area is 150 Å². The Balaban J connectivity index is 2.46. The Bertz CT molecular complexity index is 654. The molecule has 7 nitrogen and oxygen atoms in total. The van der Waals surface area contributed by atoms with Crippen LogP contribution in [-0.4, -0.2) is 44.8 Å². The molecule has 2 rings (SSSR count).